The first-order chi connectivity index (χ1) is 12.3. The lowest BCUT2D eigenvalue weighted by atomic mass is 9.98. The fraction of sp³-hybridized carbons (Fsp3) is 0.500. The van der Waals surface area contributed by atoms with E-state index in [1.165, 1.54) is 97.1 Å². The van der Waals surface area contributed by atoms with Crippen LogP contribution in [0.3, 0.4) is 0 Å². The largest absolute Gasteiger partial charge is 0.355 e. The van der Waals surface area contributed by atoms with E-state index < -0.39 is 0 Å². The second-order valence-corrected chi connectivity index (χ2v) is 7.47. The topological polar surface area (TPSA) is 15.8 Å². The van der Waals surface area contributed by atoms with Crippen LogP contribution in [0.1, 0.15) is 76.3 Å². The summed E-state index contributed by atoms with van der Waals surface area (Å²) < 4.78 is 0. The Hall–Kier alpha value is -1.76. The minimum atomic E-state index is 1.20. The standard InChI is InChI=1S/C24H33N/c1-3-5-7-9-12-19-16-17-22-21(18-19)24-20(13-10-8-6-4-2)14-11-15-23(24)25-22/h11,14-18,25H,3-10,12-13H2,1-2H3. The molecular formula is C24H33N. The smallest absolute Gasteiger partial charge is 0.0467 e. The van der Waals surface area contributed by atoms with Crippen LogP contribution in [0.4, 0.5) is 0 Å². The van der Waals surface area contributed by atoms with E-state index in [1.54, 1.807) is 0 Å². The fourth-order valence-electron chi connectivity index (χ4n) is 3.94. The van der Waals surface area contributed by atoms with Gasteiger partial charge in [-0.25, -0.2) is 0 Å². The lowest BCUT2D eigenvalue weighted by Gasteiger charge is -2.05. The zero-order valence-corrected chi connectivity index (χ0v) is 16.0. The molecule has 3 rings (SSSR count). The molecule has 0 aliphatic carbocycles. The molecule has 0 saturated heterocycles. The molecule has 1 heteroatoms. The van der Waals surface area contributed by atoms with Crippen LogP contribution in [0, 0.1) is 0 Å². The number of rotatable bonds is 10. The molecule has 3 aromatic rings. The van der Waals surface area contributed by atoms with Gasteiger partial charge in [-0.1, -0.05) is 70.6 Å². The average molecular weight is 336 g/mol. The third-order valence-electron chi connectivity index (χ3n) is 5.39. The van der Waals surface area contributed by atoms with Gasteiger partial charge in [0.2, 0.25) is 0 Å². The highest BCUT2D eigenvalue weighted by Crippen LogP contribution is 2.30. The first-order valence-corrected chi connectivity index (χ1v) is 10.4. The Morgan fingerprint density at radius 2 is 1.48 bits per heavy atom. The van der Waals surface area contributed by atoms with Gasteiger partial charge in [0.05, 0.1) is 0 Å². The molecule has 0 saturated carbocycles. The maximum absolute atomic E-state index is 3.62. The summed E-state index contributed by atoms with van der Waals surface area (Å²) in [5.41, 5.74) is 5.59. The summed E-state index contributed by atoms with van der Waals surface area (Å²) in [5.74, 6) is 0. The monoisotopic (exact) mass is 335 g/mol. The number of aromatic amines is 1. The number of hydrogen-bond acceptors (Lipinski definition) is 0. The second-order valence-electron chi connectivity index (χ2n) is 7.47. The first-order valence-electron chi connectivity index (χ1n) is 10.4. The van der Waals surface area contributed by atoms with Gasteiger partial charge in [0.1, 0.15) is 0 Å². The molecule has 1 N–H and O–H groups in total. The van der Waals surface area contributed by atoms with Crippen molar-refractivity contribution in [2.45, 2.75) is 78.1 Å². The summed E-state index contributed by atoms with van der Waals surface area (Å²) in [7, 11) is 0. The summed E-state index contributed by atoms with van der Waals surface area (Å²) in [4.78, 5) is 3.62. The Bertz CT molecular complexity index is 796. The van der Waals surface area contributed by atoms with Crippen molar-refractivity contribution < 1.29 is 0 Å². The van der Waals surface area contributed by atoms with Crippen LogP contribution < -0.4 is 0 Å². The molecule has 0 aliphatic rings. The third kappa shape index (κ3) is 4.45. The molecule has 0 fully saturated rings. The lowest BCUT2D eigenvalue weighted by molar-refractivity contribution is 0.667. The van der Waals surface area contributed by atoms with Crippen molar-refractivity contribution >= 4 is 21.8 Å². The molecule has 0 aliphatic heterocycles. The van der Waals surface area contributed by atoms with Gasteiger partial charge in [0.25, 0.3) is 0 Å². The maximum Gasteiger partial charge on any atom is 0.0467 e. The summed E-state index contributed by atoms with van der Waals surface area (Å²) in [6.45, 7) is 4.56. The molecule has 0 amide bonds. The van der Waals surface area contributed by atoms with Crippen LogP contribution in [-0.4, -0.2) is 4.98 Å². The van der Waals surface area contributed by atoms with Gasteiger partial charge in [0.15, 0.2) is 0 Å². The molecule has 0 spiro atoms. The average Bonchev–Trinajstić information content (AvgIpc) is 3.01. The molecule has 1 heterocycles. The van der Waals surface area contributed by atoms with Gasteiger partial charge >= 0.3 is 0 Å². The van der Waals surface area contributed by atoms with E-state index in [1.807, 2.05) is 0 Å². The van der Waals surface area contributed by atoms with Gasteiger partial charge in [-0.2, -0.15) is 0 Å². The second kappa shape index (κ2) is 9.08. The molecule has 0 atom stereocenters. The zero-order valence-electron chi connectivity index (χ0n) is 16.0. The maximum atomic E-state index is 3.62. The van der Waals surface area contributed by atoms with Gasteiger partial charge in [-0.3, -0.25) is 0 Å². The Morgan fingerprint density at radius 3 is 2.24 bits per heavy atom. The van der Waals surface area contributed by atoms with Crippen LogP contribution >= 0.6 is 0 Å². The SMILES string of the molecule is CCCCCCc1ccc2[nH]c3cccc(CCCCCC)c3c2c1. The zero-order chi connectivity index (χ0) is 17.5. The number of fused-ring (bicyclic) bond motifs is 3. The lowest BCUT2D eigenvalue weighted by Crippen LogP contribution is -1.88. The molecule has 1 nitrogen and oxygen atoms in total. The third-order valence-corrected chi connectivity index (χ3v) is 5.39. The molecule has 0 unspecified atom stereocenters. The molecule has 0 bridgehead atoms. The molecular weight excluding hydrogens is 302 g/mol. The highest BCUT2D eigenvalue weighted by Gasteiger charge is 2.09. The van der Waals surface area contributed by atoms with Crippen molar-refractivity contribution in [2.75, 3.05) is 0 Å². The number of nitrogens with one attached hydrogen (secondary N) is 1. The summed E-state index contributed by atoms with van der Waals surface area (Å²) >= 11 is 0. The fourth-order valence-corrected chi connectivity index (χ4v) is 3.94. The van der Waals surface area contributed by atoms with Crippen LogP contribution in [0.5, 0.6) is 0 Å². The summed E-state index contributed by atoms with van der Waals surface area (Å²) in [5, 5.41) is 2.89. The predicted octanol–water partition coefficient (Wildman–Crippen LogP) is 7.57. The quantitative estimate of drug-likeness (QED) is 0.368. The first kappa shape index (κ1) is 18.0. The highest BCUT2D eigenvalue weighted by atomic mass is 14.7. The molecule has 134 valence electrons. The minimum Gasteiger partial charge on any atom is -0.355 e. The van der Waals surface area contributed by atoms with E-state index in [0.29, 0.717) is 0 Å². The molecule has 1 aromatic heterocycles. The summed E-state index contributed by atoms with van der Waals surface area (Å²) in [6, 6.07) is 13.8. The van der Waals surface area contributed by atoms with E-state index >= 15 is 0 Å². The number of benzene rings is 2. The number of unbranched alkanes of at least 4 members (excludes halogenated alkanes) is 6. The summed E-state index contributed by atoms with van der Waals surface area (Å²) in [6.07, 6.45) is 13.0. The van der Waals surface area contributed by atoms with Gasteiger partial charge in [-0.05, 0) is 55.0 Å². The number of hydrogen-bond donors (Lipinski definition) is 1. The van der Waals surface area contributed by atoms with Crippen molar-refractivity contribution in [3.8, 4) is 0 Å². The van der Waals surface area contributed by atoms with Crippen LogP contribution in [0.25, 0.3) is 21.8 Å². The van der Waals surface area contributed by atoms with Crippen molar-refractivity contribution in [3.05, 3.63) is 47.5 Å². The van der Waals surface area contributed by atoms with E-state index in [9.17, 15) is 0 Å². The van der Waals surface area contributed by atoms with Crippen molar-refractivity contribution in [3.63, 3.8) is 0 Å². The van der Waals surface area contributed by atoms with E-state index in [2.05, 4.69) is 55.2 Å². The predicted molar refractivity (Wildman–Crippen MR) is 111 cm³/mol. The highest BCUT2D eigenvalue weighted by molar-refractivity contribution is 6.09. The van der Waals surface area contributed by atoms with E-state index in [0.717, 1.165) is 0 Å². The normalized spacial score (nSPS) is 11.6. The Labute approximate surface area is 152 Å². The minimum absolute atomic E-state index is 1.20. The molecule has 25 heavy (non-hydrogen) atoms. The van der Waals surface area contributed by atoms with E-state index in [4.69, 9.17) is 0 Å². The van der Waals surface area contributed by atoms with Crippen LogP contribution in [0.2, 0.25) is 0 Å². The molecule has 2 aromatic carbocycles. The number of H-pyrrole nitrogens is 1. The Balaban J connectivity index is 1.85. The van der Waals surface area contributed by atoms with Crippen molar-refractivity contribution in [1.29, 1.82) is 0 Å². The Morgan fingerprint density at radius 1 is 0.720 bits per heavy atom. The van der Waals surface area contributed by atoms with Crippen molar-refractivity contribution in [1.82, 2.24) is 4.98 Å². The van der Waals surface area contributed by atoms with E-state index in [-0.39, 0.29) is 0 Å². The van der Waals surface area contributed by atoms with Gasteiger partial charge in [-0.15, -0.1) is 0 Å². The molecule has 0 radical (unpaired) electrons. The van der Waals surface area contributed by atoms with Gasteiger partial charge < -0.3 is 4.98 Å². The van der Waals surface area contributed by atoms with Crippen LogP contribution in [0.15, 0.2) is 36.4 Å². The number of aryl methyl sites for hydroxylation is 2. The van der Waals surface area contributed by atoms with Crippen LogP contribution in [-0.2, 0) is 12.8 Å². The van der Waals surface area contributed by atoms with Crippen molar-refractivity contribution in [2.24, 2.45) is 0 Å². The van der Waals surface area contributed by atoms with Gasteiger partial charge in [0, 0.05) is 21.8 Å². The number of aromatic nitrogens is 1. The Kier molecular flexibility index (Phi) is 6.55.